The highest BCUT2D eigenvalue weighted by Gasteiger charge is 2.39. The molecule has 3 N–H and O–H groups in total. The summed E-state index contributed by atoms with van der Waals surface area (Å²) in [7, 11) is 0. The molecule has 3 heterocycles. The maximum Gasteiger partial charge on any atom is 0.314 e. The number of nitrogens with two attached hydrogens (primary N) is 1. The second-order valence-corrected chi connectivity index (χ2v) is 11.7. The number of dihydropyridines is 1. The molecule has 0 bridgehead atoms. The van der Waals surface area contributed by atoms with Crippen molar-refractivity contribution < 1.29 is 9.59 Å². The van der Waals surface area contributed by atoms with E-state index in [2.05, 4.69) is 63.5 Å². The first-order valence-corrected chi connectivity index (χ1v) is 13.9. The van der Waals surface area contributed by atoms with E-state index in [1.165, 1.54) is 22.3 Å². The van der Waals surface area contributed by atoms with Gasteiger partial charge in [0.25, 0.3) is 0 Å². The van der Waals surface area contributed by atoms with Crippen molar-refractivity contribution in [2.75, 3.05) is 26.2 Å². The molecule has 2 unspecified atom stereocenters. The highest BCUT2D eigenvalue weighted by molar-refractivity contribution is 9.11. The molecule has 3 aliphatic heterocycles. The molecular weight excluding hydrogens is 504 g/mol. The van der Waals surface area contributed by atoms with Gasteiger partial charge in [0.2, 0.25) is 5.91 Å². The zero-order chi connectivity index (χ0) is 24.5. The molecule has 6 nitrogen and oxygen atoms in total. The van der Waals surface area contributed by atoms with Crippen LogP contribution in [0.3, 0.4) is 0 Å². The Morgan fingerprint density at radius 2 is 1.77 bits per heavy atom. The monoisotopic (exact) mass is 540 g/mol. The average Bonchev–Trinajstić information content (AvgIpc) is 3.00. The number of carbonyl (C=O) groups is 2. The maximum absolute atomic E-state index is 13.1. The van der Waals surface area contributed by atoms with E-state index in [0.717, 1.165) is 56.1 Å². The number of benzene rings is 1. The maximum atomic E-state index is 13.1. The Morgan fingerprint density at radius 3 is 2.49 bits per heavy atom. The zero-order valence-electron chi connectivity index (χ0n) is 20.6. The number of likely N-dealkylation sites (tertiary alicyclic amines) is 2. The minimum atomic E-state index is -0.347. The Morgan fingerprint density at radius 1 is 1.06 bits per heavy atom. The number of primary amides is 1. The Hall–Kier alpha value is -2.28. The number of carbonyl (C=O) groups excluding carboxylic acids is 2. The van der Waals surface area contributed by atoms with Gasteiger partial charge in [-0.05, 0) is 96.0 Å². The first-order chi connectivity index (χ1) is 16.9. The molecule has 4 aliphatic rings. The Labute approximate surface area is 217 Å². The Bertz CT molecular complexity index is 1040. The van der Waals surface area contributed by atoms with Crippen molar-refractivity contribution in [3.8, 4) is 0 Å². The number of piperidine rings is 2. The highest BCUT2D eigenvalue weighted by atomic mass is 79.9. The number of halogens is 1. The van der Waals surface area contributed by atoms with Crippen molar-refractivity contribution in [2.24, 2.45) is 17.6 Å². The van der Waals surface area contributed by atoms with Gasteiger partial charge in [-0.25, -0.2) is 4.79 Å². The SMILES string of the molecule is Cc1ccc2c(c1)CCC1=CC(Br)=CNC1C2C1CCN(C(=O)CC2CCN(C(N)=O)CC2)CC1. The summed E-state index contributed by atoms with van der Waals surface area (Å²) in [5.74, 6) is 1.61. The third kappa shape index (κ3) is 5.30. The van der Waals surface area contributed by atoms with Gasteiger partial charge in [-0.1, -0.05) is 23.8 Å². The lowest BCUT2D eigenvalue weighted by molar-refractivity contribution is -0.134. The van der Waals surface area contributed by atoms with Gasteiger partial charge in [0.05, 0.1) is 6.04 Å². The number of nitrogens with zero attached hydrogens (tertiary/aromatic N) is 2. The molecule has 2 fully saturated rings. The second-order valence-electron chi connectivity index (χ2n) is 10.8. The number of fused-ring (bicyclic) bond motifs is 2. The molecule has 35 heavy (non-hydrogen) atoms. The van der Waals surface area contributed by atoms with Gasteiger partial charge in [0.15, 0.2) is 0 Å². The molecule has 1 aromatic rings. The van der Waals surface area contributed by atoms with Gasteiger partial charge < -0.3 is 20.9 Å². The number of rotatable bonds is 3. The van der Waals surface area contributed by atoms with Crippen LogP contribution in [-0.2, 0) is 11.2 Å². The summed E-state index contributed by atoms with van der Waals surface area (Å²) in [4.78, 5) is 28.3. The van der Waals surface area contributed by atoms with E-state index in [-0.39, 0.29) is 11.9 Å². The highest BCUT2D eigenvalue weighted by Crippen LogP contribution is 2.44. The molecule has 0 saturated carbocycles. The van der Waals surface area contributed by atoms with Gasteiger partial charge in [-0.3, -0.25) is 4.79 Å². The van der Waals surface area contributed by atoms with Crippen LogP contribution in [0.2, 0.25) is 0 Å². The predicted molar refractivity (Wildman–Crippen MR) is 142 cm³/mol. The smallest absolute Gasteiger partial charge is 0.314 e. The molecule has 1 aromatic carbocycles. The first-order valence-electron chi connectivity index (χ1n) is 13.1. The van der Waals surface area contributed by atoms with Crippen LogP contribution in [-0.4, -0.2) is 54.0 Å². The third-order valence-corrected chi connectivity index (χ3v) is 9.07. The second kappa shape index (κ2) is 10.4. The lowest BCUT2D eigenvalue weighted by atomic mass is 9.73. The van der Waals surface area contributed by atoms with E-state index in [4.69, 9.17) is 5.73 Å². The van der Waals surface area contributed by atoms with Crippen molar-refractivity contribution in [3.05, 3.63) is 57.2 Å². The zero-order valence-corrected chi connectivity index (χ0v) is 22.2. The van der Waals surface area contributed by atoms with E-state index in [0.29, 0.717) is 43.3 Å². The van der Waals surface area contributed by atoms with Crippen LogP contribution in [0.5, 0.6) is 0 Å². The molecule has 0 radical (unpaired) electrons. The van der Waals surface area contributed by atoms with Gasteiger partial charge in [0, 0.05) is 49.2 Å². The van der Waals surface area contributed by atoms with Gasteiger partial charge in [0.1, 0.15) is 0 Å². The van der Waals surface area contributed by atoms with Crippen molar-refractivity contribution >= 4 is 27.9 Å². The fourth-order valence-electron chi connectivity index (χ4n) is 6.65. The molecule has 0 spiro atoms. The molecule has 5 rings (SSSR count). The summed E-state index contributed by atoms with van der Waals surface area (Å²) >= 11 is 3.67. The molecule has 0 aromatic heterocycles. The largest absolute Gasteiger partial charge is 0.383 e. The quantitative estimate of drug-likeness (QED) is 0.588. The third-order valence-electron chi connectivity index (χ3n) is 8.61. The minimum absolute atomic E-state index is 0.279. The average molecular weight is 542 g/mol. The molecule has 2 atom stereocenters. The topological polar surface area (TPSA) is 78.7 Å². The van der Waals surface area contributed by atoms with Gasteiger partial charge in [-0.15, -0.1) is 0 Å². The van der Waals surface area contributed by atoms with E-state index in [9.17, 15) is 9.59 Å². The fourth-order valence-corrected chi connectivity index (χ4v) is 7.08. The van der Waals surface area contributed by atoms with Crippen LogP contribution in [0.15, 0.2) is 40.5 Å². The van der Waals surface area contributed by atoms with Crippen molar-refractivity contribution in [1.82, 2.24) is 15.1 Å². The standard InChI is InChI=1S/C28H37BrN4O2/c1-18-2-5-24-21(14-18)3-4-22-16-23(29)17-31-27(22)26(24)20-8-12-32(13-9-20)25(34)15-19-6-10-33(11-7-19)28(30)35/h2,5,14,16-17,19-20,26-27,31H,3-4,6-13,15H2,1H3,(H2,30,35). The van der Waals surface area contributed by atoms with Crippen molar-refractivity contribution in [3.63, 3.8) is 0 Å². The van der Waals surface area contributed by atoms with Crippen LogP contribution in [0.1, 0.15) is 61.1 Å². The van der Waals surface area contributed by atoms with Crippen LogP contribution in [0, 0.1) is 18.8 Å². The molecule has 188 valence electrons. The van der Waals surface area contributed by atoms with E-state index >= 15 is 0 Å². The number of hydrogen-bond donors (Lipinski definition) is 2. The number of urea groups is 1. The molecular formula is C28H37BrN4O2. The molecule has 7 heteroatoms. The van der Waals surface area contributed by atoms with Crippen molar-refractivity contribution in [2.45, 2.75) is 63.8 Å². The van der Waals surface area contributed by atoms with E-state index < -0.39 is 0 Å². The molecule has 3 amide bonds. The van der Waals surface area contributed by atoms with Gasteiger partial charge in [-0.2, -0.15) is 0 Å². The number of nitrogens with one attached hydrogen (secondary N) is 1. The fraction of sp³-hybridized carbons (Fsp3) is 0.571. The van der Waals surface area contributed by atoms with Crippen molar-refractivity contribution in [1.29, 1.82) is 0 Å². The normalized spacial score (nSPS) is 25.5. The summed E-state index contributed by atoms with van der Waals surface area (Å²) in [6, 6.07) is 6.98. The first kappa shape index (κ1) is 24.4. The predicted octanol–water partition coefficient (Wildman–Crippen LogP) is 4.58. The summed E-state index contributed by atoms with van der Waals surface area (Å²) in [6.07, 6.45) is 11.0. The van der Waals surface area contributed by atoms with Crippen LogP contribution in [0.4, 0.5) is 4.79 Å². The van der Waals surface area contributed by atoms with E-state index in [1.54, 1.807) is 4.90 Å². The van der Waals surface area contributed by atoms with Crippen LogP contribution in [0.25, 0.3) is 0 Å². The Kier molecular flexibility index (Phi) is 7.24. The number of hydrogen-bond acceptors (Lipinski definition) is 3. The van der Waals surface area contributed by atoms with Crippen LogP contribution >= 0.6 is 15.9 Å². The number of amides is 3. The molecule has 1 aliphatic carbocycles. The lowest BCUT2D eigenvalue weighted by Crippen LogP contribution is -2.45. The Balaban J connectivity index is 1.25. The lowest BCUT2D eigenvalue weighted by Gasteiger charge is -2.41. The summed E-state index contributed by atoms with van der Waals surface area (Å²) in [5, 5.41) is 3.72. The van der Waals surface area contributed by atoms with Crippen LogP contribution < -0.4 is 11.1 Å². The minimum Gasteiger partial charge on any atom is -0.383 e. The molecule has 2 saturated heterocycles. The van der Waals surface area contributed by atoms with Gasteiger partial charge >= 0.3 is 6.03 Å². The van der Waals surface area contributed by atoms with E-state index in [1.807, 2.05) is 0 Å². The summed E-state index contributed by atoms with van der Waals surface area (Å²) in [6.45, 7) is 5.21. The summed E-state index contributed by atoms with van der Waals surface area (Å²) in [5.41, 5.74) is 11.2. The summed E-state index contributed by atoms with van der Waals surface area (Å²) < 4.78 is 1.12. The number of allylic oxidation sites excluding steroid dienone is 2. The number of aryl methyl sites for hydroxylation is 2.